The molecule has 8 nitrogen and oxygen atoms in total. The number of fused-ring (bicyclic) bond motifs is 1. The van der Waals surface area contributed by atoms with Crippen LogP contribution < -0.4 is 15.0 Å². The smallest absolute Gasteiger partial charge is 0.271 e. The fourth-order valence-corrected chi connectivity index (χ4v) is 2.99. The van der Waals surface area contributed by atoms with Crippen molar-refractivity contribution >= 4 is 23.2 Å². The predicted octanol–water partition coefficient (Wildman–Crippen LogP) is 3.19. The number of nitro benzene ring substituents is 1. The molecule has 27 heavy (non-hydrogen) atoms. The molecule has 1 heterocycles. The van der Waals surface area contributed by atoms with E-state index in [9.17, 15) is 19.7 Å². The van der Waals surface area contributed by atoms with Crippen LogP contribution in [0.4, 0.5) is 11.4 Å². The standard InChI is InChI=1S/C19H27N3O5/c1-2-3-4-5-6-7-8-11-20-18(23)13-21-16-12-15(22(25)26)9-10-17(16)27-14-19(21)24/h9-10,12H,2-8,11,13-14H2,1H3,(H,20,23). The normalized spacial score (nSPS) is 13.1. The first-order valence-corrected chi connectivity index (χ1v) is 9.51. The molecule has 0 aromatic heterocycles. The minimum Gasteiger partial charge on any atom is -0.482 e. The quantitative estimate of drug-likeness (QED) is 0.362. The fraction of sp³-hybridized carbons (Fsp3) is 0.579. The Morgan fingerprint density at radius 1 is 1.22 bits per heavy atom. The van der Waals surface area contributed by atoms with Crippen molar-refractivity contribution in [1.82, 2.24) is 5.32 Å². The lowest BCUT2D eigenvalue weighted by Crippen LogP contribution is -2.45. The van der Waals surface area contributed by atoms with Crippen molar-refractivity contribution in [2.45, 2.75) is 51.9 Å². The first-order valence-electron chi connectivity index (χ1n) is 9.51. The largest absolute Gasteiger partial charge is 0.482 e. The molecule has 1 aliphatic heterocycles. The third-order valence-electron chi connectivity index (χ3n) is 4.50. The average molecular weight is 377 g/mol. The zero-order valence-corrected chi connectivity index (χ0v) is 15.7. The van der Waals surface area contributed by atoms with E-state index >= 15 is 0 Å². The number of carbonyl (C=O) groups excluding carboxylic acids is 2. The van der Waals surface area contributed by atoms with Gasteiger partial charge in [0.25, 0.3) is 11.6 Å². The lowest BCUT2D eigenvalue weighted by molar-refractivity contribution is -0.384. The third-order valence-corrected chi connectivity index (χ3v) is 4.50. The molecule has 1 aliphatic rings. The molecule has 148 valence electrons. The summed E-state index contributed by atoms with van der Waals surface area (Å²) in [6, 6.07) is 4.02. The number of rotatable bonds is 11. The van der Waals surface area contributed by atoms with Crippen molar-refractivity contribution in [2.24, 2.45) is 0 Å². The maximum atomic E-state index is 12.2. The molecule has 0 aliphatic carbocycles. The molecular formula is C19H27N3O5. The second-order valence-corrected chi connectivity index (χ2v) is 6.65. The van der Waals surface area contributed by atoms with Crippen molar-refractivity contribution in [3.63, 3.8) is 0 Å². The molecule has 0 fully saturated rings. The Labute approximate surface area is 159 Å². The fourth-order valence-electron chi connectivity index (χ4n) is 2.99. The Kier molecular flexibility index (Phi) is 8.03. The number of carbonyl (C=O) groups is 2. The molecule has 1 N–H and O–H groups in total. The minimum atomic E-state index is -0.544. The van der Waals surface area contributed by atoms with Gasteiger partial charge in [-0.2, -0.15) is 0 Å². The average Bonchev–Trinajstić information content (AvgIpc) is 2.65. The summed E-state index contributed by atoms with van der Waals surface area (Å²) in [4.78, 5) is 36.0. The van der Waals surface area contributed by atoms with E-state index in [-0.39, 0.29) is 30.4 Å². The summed E-state index contributed by atoms with van der Waals surface area (Å²) >= 11 is 0. The molecule has 0 unspecified atom stereocenters. The molecule has 2 amide bonds. The van der Waals surface area contributed by atoms with E-state index in [1.165, 1.54) is 48.8 Å². The van der Waals surface area contributed by atoms with Crippen LogP contribution in [0.3, 0.4) is 0 Å². The van der Waals surface area contributed by atoms with Crippen molar-refractivity contribution in [3.8, 4) is 5.75 Å². The molecule has 0 spiro atoms. The Morgan fingerprint density at radius 3 is 2.63 bits per heavy atom. The molecule has 0 radical (unpaired) electrons. The van der Waals surface area contributed by atoms with Crippen LogP contribution in [0, 0.1) is 10.1 Å². The second kappa shape index (κ2) is 10.5. The number of anilines is 1. The maximum absolute atomic E-state index is 12.2. The van der Waals surface area contributed by atoms with Crippen molar-refractivity contribution in [3.05, 3.63) is 28.3 Å². The summed E-state index contributed by atoms with van der Waals surface area (Å²) in [5.41, 5.74) is 0.104. The summed E-state index contributed by atoms with van der Waals surface area (Å²) in [7, 11) is 0. The van der Waals surface area contributed by atoms with Crippen LogP contribution in [-0.2, 0) is 9.59 Å². The minimum absolute atomic E-state index is 0.152. The molecule has 1 aromatic rings. The molecule has 8 heteroatoms. The van der Waals surface area contributed by atoms with Gasteiger partial charge in [-0.15, -0.1) is 0 Å². The molecule has 2 rings (SSSR count). The van der Waals surface area contributed by atoms with E-state index in [2.05, 4.69) is 12.2 Å². The first kappa shape index (κ1) is 20.7. The molecule has 0 saturated heterocycles. The highest BCUT2D eigenvalue weighted by Crippen LogP contribution is 2.35. The zero-order chi connectivity index (χ0) is 19.6. The number of unbranched alkanes of at least 4 members (excludes halogenated alkanes) is 6. The molecule has 0 saturated carbocycles. The van der Waals surface area contributed by atoms with Crippen LogP contribution in [-0.4, -0.2) is 36.4 Å². The van der Waals surface area contributed by atoms with Gasteiger partial charge in [-0.05, 0) is 12.5 Å². The molecule has 0 bridgehead atoms. The van der Waals surface area contributed by atoms with Gasteiger partial charge in [-0.1, -0.05) is 45.4 Å². The summed E-state index contributed by atoms with van der Waals surface area (Å²) in [5, 5.41) is 13.8. The van der Waals surface area contributed by atoms with Gasteiger partial charge in [-0.25, -0.2) is 0 Å². The van der Waals surface area contributed by atoms with Gasteiger partial charge in [0.05, 0.1) is 10.6 Å². The Bertz CT molecular complexity index is 677. The number of nitrogens with one attached hydrogen (secondary N) is 1. The van der Waals surface area contributed by atoms with Crippen LogP contribution in [0.15, 0.2) is 18.2 Å². The zero-order valence-electron chi connectivity index (χ0n) is 15.7. The van der Waals surface area contributed by atoms with E-state index in [4.69, 9.17) is 4.74 Å². The van der Waals surface area contributed by atoms with E-state index in [1.807, 2.05) is 0 Å². The number of hydrogen-bond donors (Lipinski definition) is 1. The van der Waals surface area contributed by atoms with E-state index < -0.39 is 10.8 Å². The van der Waals surface area contributed by atoms with E-state index in [0.717, 1.165) is 19.3 Å². The lowest BCUT2D eigenvalue weighted by atomic mass is 10.1. The Balaban J connectivity index is 1.82. The van der Waals surface area contributed by atoms with Gasteiger partial charge in [0.2, 0.25) is 5.91 Å². The van der Waals surface area contributed by atoms with Crippen LogP contribution in [0.1, 0.15) is 51.9 Å². The highest BCUT2D eigenvalue weighted by molar-refractivity contribution is 6.02. The van der Waals surface area contributed by atoms with Gasteiger partial charge < -0.3 is 10.1 Å². The second-order valence-electron chi connectivity index (χ2n) is 6.65. The highest BCUT2D eigenvalue weighted by Gasteiger charge is 2.29. The Hall–Kier alpha value is -2.64. The SMILES string of the molecule is CCCCCCCCCNC(=O)CN1C(=O)COc2ccc([N+](=O)[O-])cc21. The van der Waals surface area contributed by atoms with Gasteiger partial charge in [0, 0.05) is 18.7 Å². The van der Waals surface area contributed by atoms with Crippen LogP contribution in [0.2, 0.25) is 0 Å². The number of nitrogens with zero attached hydrogens (tertiary/aromatic N) is 2. The van der Waals surface area contributed by atoms with Crippen LogP contribution in [0.25, 0.3) is 0 Å². The van der Waals surface area contributed by atoms with Crippen molar-refractivity contribution < 1.29 is 19.2 Å². The topological polar surface area (TPSA) is 102 Å². The summed E-state index contributed by atoms with van der Waals surface area (Å²) in [6.45, 7) is 2.39. The number of amides is 2. The van der Waals surface area contributed by atoms with Gasteiger partial charge in [-0.3, -0.25) is 24.6 Å². The number of nitro groups is 1. The Morgan fingerprint density at radius 2 is 1.93 bits per heavy atom. The van der Waals surface area contributed by atoms with E-state index in [1.54, 1.807) is 0 Å². The van der Waals surface area contributed by atoms with Crippen LogP contribution in [0.5, 0.6) is 5.75 Å². The van der Waals surface area contributed by atoms with Gasteiger partial charge in [0.15, 0.2) is 6.61 Å². The van der Waals surface area contributed by atoms with Gasteiger partial charge >= 0.3 is 0 Å². The number of non-ortho nitro benzene ring substituents is 1. The maximum Gasteiger partial charge on any atom is 0.271 e. The van der Waals surface area contributed by atoms with Crippen LogP contribution >= 0.6 is 0 Å². The monoisotopic (exact) mass is 377 g/mol. The number of benzene rings is 1. The molecular weight excluding hydrogens is 350 g/mol. The summed E-state index contributed by atoms with van der Waals surface area (Å²) in [5.74, 6) is -0.317. The highest BCUT2D eigenvalue weighted by atomic mass is 16.6. The lowest BCUT2D eigenvalue weighted by Gasteiger charge is -2.28. The third kappa shape index (κ3) is 6.23. The summed E-state index contributed by atoms with van der Waals surface area (Å²) in [6.07, 6.45) is 8.10. The van der Waals surface area contributed by atoms with Crippen molar-refractivity contribution in [2.75, 3.05) is 24.6 Å². The number of hydrogen-bond acceptors (Lipinski definition) is 5. The van der Waals surface area contributed by atoms with E-state index in [0.29, 0.717) is 12.3 Å². The van der Waals surface area contributed by atoms with Crippen molar-refractivity contribution in [1.29, 1.82) is 0 Å². The number of ether oxygens (including phenoxy) is 1. The molecule has 1 aromatic carbocycles. The van der Waals surface area contributed by atoms with Gasteiger partial charge in [0.1, 0.15) is 12.3 Å². The predicted molar refractivity (Wildman–Crippen MR) is 102 cm³/mol. The summed E-state index contributed by atoms with van der Waals surface area (Å²) < 4.78 is 5.29. The first-order chi connectivity index (χ1) is 13.0. The molecule has 0 atom stereocenters.